The molecular weight excluding hydrogens is 316 g/mol. The fraction of sp³-hybridized carbons (Fsp3) is 0.250. The van der Waals surface area contributed by atoms with Crippen LogP contribution in [0.15, 0.2) is 8.95 Å². The van der Waals surface area contributed by atoms with Crippen molar-refractivity contribution in [2.45, 2.75) is 13.8 Å². The zero-order chi connectivity index (χ0) is 9.59. The van der Waals surface area contributed by atoms with Crippen molar-refractivity contribution in [2.75, 3.05) is 0 Å². The normalized spacial score (nSPS) is 11.1. The topological polar surface area (TPSA) is 25.8 Å². The smallest absolute Gasteiger partial charge is 0.110 e. The third kappa shape index (κ3) is 1.33. The largest absolute Gasteiger partial charge is 0.138 e. The summed E-state index contributed by atoms with van der Waals surface area (Å²) in [6, 6.07) is 0. The first kappa shape index (κ1) is 9.55. The fourth-order valence-electron chi connectivity index (χ4n) is 1.19. The molecule has 5 heteroatoms. The monoisotopic (exact) mass is 320 g/mol. The highest BCUT2D eigenvalue weighted by atomic mass is 79.9. The van der Waals surface area contributed by atoms with Crippen LogP contribution in [0.3, 0.4) is 0 Å². The van der Waals surface area contributed by atoms with Crippen LogP contribution in [0.2, 0.25) is 0 Å². The molecule has 0 saturated carbocycles. The summed E-state index contributed by atoms with van der Waals surface area (Å²) in [4.78, 5) is 0. The van der Waals surface area contributed by atoms with Crippen LogP contribution in [-0.4, -0.2) is 9.59 Å². The number of benzene rings is 1. The molecule has 0 aliphatic rings. The van der Waals surface area contributed by atoms with Crippen molar-refractivity contribution in [1.82, 2.24) is 9.59 Å². The number of halogens is 2. The lowest BCUT2D eigenvalue weighted by atomic mass is 10.1. The molecule has 2 nitrogen and oxygen atoms in total. The van der Waals surface area contributed by atoms with Crippen LogP contribution in [0.5, 0.6) is 0 Å². The van der Waals surface area contributed by atoms with Crippen molar-refractivity contribution >= 4 is 53.6 Å². The minimum absolute atomic E-state index is 0.998. The maximum absolute atomic E-state index is 4.10. The first-order valence-electron chi connectivity index (χ1n) is 3.69. The predicted molar refractivity (Wildman–Crippen MR) is 62.3 cm³/mol. The molecule has 0 aliphatic carbocycles. The molecule has 13 heavy (non-hydrogen) atoms. The molecule has 68 valence electrons. The van der Waals surface area contributed by atoms with Crippen LogP contribution in [0, 0.1) is 13.8 Å². The molecule has 2 aromatic rings. The Balaban J connectivity index is 3.02. The Bertz CT molecular complexity index is 436. The number of hydrogen-bond donors (Lipinski definition) is 0. The zero-order valence-electron chi connectivity index (χ0n) is 7.06. The average Bonchev–Trinajstić information content (AvgIpc) is 2.59. The van der Waals surface area contributed by atoms with Gasteiger partial charge in [-0.2, -0.15) is 0 Å². The van der Waals surface area contributed by atoms with Gasteiger partial charge in [-0.3, -0.25) is 0 Å². The molecular formula is C8H6Br2N2S. The molecule has 0 fully saturated rings. The molecule has 1 aromatic carbocycles. The van der Waals surface area contributed by atoms with Gasteiger partial charge in [0.1, 0.15) is 5.52 Å². The average molecular weight is 322 g/mol. The Kier molecular flexibility index (Phi) is 2.42. The summed E-state index contributed by atoms with van der Waals surface area (Å²) in [5.74, 6) is 0. The molecule has 0 unspecified atom stereocenters. The molecule has 0 saturated heterocycles. The van der Waals surface area contributed by atoms with Crippen LogP contribution < -0.4 is 0 Å². The van der Waals surface area contributed by atoms with Crippen molar-refractivity contribution in [3.8, 4) is 0 Å². The summed E-state index contributed by atoms with van der Waals surface area (Å²) in [5.41, 5.74) is 3.41. The summed E-state index contributed by atoms with van der Waals surface area (Å²) in [6.45, 7) is 4.14. The maximum Gasteiger partial charge on any atom is 0.110 e. The summed E-state index contributed by atoms with van der Waals surface area (Å²) in [6.07, 6.45) is 0. The van der Waals surface area contributed by atoms with E-state index >= 15 is 0 Å². The first-order chi connectivity index (χ1) is 6.13. The van der Waals surface area contributed by atoms with Crippen molar-refractivity contribution in [3.63, 3.8) is 0 Å². The van der Waals surface area contributed by atoms with E-state index in [0.29, 0.717) is 0 Å². The molecule has 2 rings (SSSR count). The molecule has 0 aliphatic heterocycles. The van der Waals surface area contributed by atoms with Gasteiger partial charge in [0.25, 0.3) is 0 Å². The third-order valence-corrected chi connectivity index (χ3v) is 5.45. The van der Waals surface area contributed by atoms with Gasteiger partial charge in [0.2, 0.25) is 0 Å². The zero-order valence-corrected chi connectivity index (χ0v) is 11.0. The van der Waals surface area contributed by atoms with Gasteiger partial charge in [0.05, 0.1) is 9.17 Å². The lowest BCUT2D eigenvalue weighted by molar-refractivity contribution is 1.18. The third-order valence-electron chi connectivity index (χ3n) is 2.13. The highest BCUT2D eigenvalue weighted by Crippen LogP contribution is 2.37. The van der Waals surface area contributed by atoms with Crippen LogP contribution in [0.25, 0.3) is 10.2 Å². The molecule has 0 bridgehead atoms. The van der Waals surface area contributed by atoms with E-state index < -0.39 is 0 Å². The Morgan fingerprint density at radius 1 is 1.08 bits per heavy atom. The highest BCUT2D eigenvalue weighted by Gasteiger charge is 2.13. The quantitative estimate of drug-likeness (QED) is 0.737. The van der Waals surface area contributed by atoms with Crippen LogP contribution >= 0.6 is 43.4 Å². The molecule has 0 atom stereocenters. The van der Waals surface area contributed by atoms with Gasteiger partial charge in [0, 0.05) is 4.47 Å². The summed E-state index contributed by atoms with van der Waals surface area (Å²) in [7, 11) is 0. The minimum Gasteiger partial charge on any atom is -0.138 e. The van der Waals surface area contributed by atoms with Gasteiger partial charge in [-0.15, -0.1) is 5.10 Å². The summed E-state index contributed by atoms with van der Waals surface area (Å²) in [5, 5.41) is 4.10. The van der Waals surface area contributed by atoms with Gasteiger partial charge < -0.3 is 0 Å². The van der Waals surface area contributed by atoms with Crippen molar-refractivity contribution < 1.29 is 0 Å². The predicted octanol–water partition coefficient (Wildman–Crippen LogP) is 3.83. The van der Waals surface area contributed by atoms with E-state index in [1.807, 2.05) is 0 Å². The lowest BCUT2D eigenvalue weighted by Crippen LogP contribution is -1.86. The second kappa shape index (κ2) is 3.29. The van der Waals surface area contributed by atoms with Gasteiger partial charge in [0.15, 0.2) is 0 Å². The maximum atomic E-state index is 4.10. The number of aromatic nitrogens is 2. The SMILES string of the molecule is Cc1c(Br)c(Br)c2snnc2c1C. The number of fused-ring (bicyclic) bond motifs is 1. The number of aryl methyl sites for hydroxylation is 1. The van der Waals surface area contributed by atoms with E-state index in [1.54, 1.807) is 0 Å². The van der Waals surface area contributed by atoms with E-state index in [0.717, 1.165) is 19.2 Å². The Morgan fingerprint density at radius 2 is 1.77 bits per heavy atom. The van der Waals surface area contributed by atoms with Gasteiger partial charge in [-0.1, -0.05) is 4.49 Å². The van der Waals surface area contributed by atoms with Crippen molar-refractivity contribution in [1.29, 1.82) is 0 Å². The van der Waals surface area contributed by atoms with E-state index in [9.17, 15) is 0 Å². The summed E-state index contributed by atoms with van der Waals surface area (Å²) >= 11 is 8.48. The molecule has 0 N–H and O–H groups in total. The number of rotatable bonds is 0. The van der Waals surface area contributed by atoms with E-state index in [4.69, 9.17) is 0 Å². The Labute approximate surface area is 96.8 Å². The Hall–Kier alpha value is -0.000000000000000111. The fourth-order valence-corrected chi connectivity index (χ4v) is 3.18. The molecule has 0 spiro atoms. The van der Waals surface area contributed by atoms with Crippen molar-refractivity contribution in [2.24, 2.45) is 0 Å². The number of nitrogens with zero attached hydrogens (tertiary/aromatic N) is 2. The van der Waals surface area contributed by atoms with E-state index in [-0.39, 0.29) is 0 Å². The van der Waals surface area contributed by atoms with Crippen LogP contribution in [0.1, 0.15) is 11.1 Å². The number of hydrogen-bond acceptors (Lipinski definition) is 3. The summed E-state index contributed by atoms with van der Waals surface area (Å²) < 4.78 is 7.21. The molecule has 1 aromatic heterocycles. The first-order valence-corrected chi connectivity index (χ1v) is 6.05. The van der Waals surface area contributed by atoms with Crippen LogP contribution in [0.4, 0.5) is 0 Å². The van der Waals surface area contributed by atoms with E-state index in [2.05, 4.69) is 55.3 Å². The van der Waals surface area contributed by atoms with E-state index in [1.165, 1.54) is 22.7 Å². The second-order valence-corrected chi connectivity index (χ2v) is 5.17. The Morgan fingerprint density at radius 3 is 2.46 bits per heavy atom. The standard InChI is InChI=1S/C8H6Br2N2S/c1-3-4(2)7-8(13-12-11-7)6(10)5(3)9/h1-2H3. The van der Waals surface area contributed by atoms with Crippen molar-refractivity contribution in [3.05, 3.63) is 20.1 Å². The van der Waals surface area contributed by atoms with Gasteiger partial charge >= 0.3 is 0 Å². The second-order valence-electron chi connectivity index (χ2n) is 2.83. The van der Waals surface area contributed by atoms with Gasteiger partial charge in [-0.25, -0.2) is 0 Å². The van der Waals surface area contributed by atoms with Crippen LogP contribution in [-0.2, 0) is 0 Å². The highest BCUT2D eigenvalue weighted by molar-refractivity contribution is 9.13. The molecule has 0 radical (unpaired) electrons. The molecule has 0 amide bonds. The molecule has 1 heterocycles. The van der Waals surface area contributed by atoms with Gasteiger partial charge in [-0.05, 0) is 68.4 Å². The lowest BCUT2D eigenvalue weighted by Gasteiger charge is -2.05. The minimum atomic E-state index is 0.998.